The second-order valence-corrected chi connectivity index (χ2v) is 11.9. The topological polar surface area (TPSA) is 407 Å². The summed E-state index contributed by atoms with van der Waals surface area (Å²) in [7, 11) is -35.3. The molecule has 184 valence electrons. The normalized spacial score (nSPS) is 14.9. The van der Waals surface area contributed by atoms with E-state index < -0.39 is 46.9 Å². The molecule has 0 aromatic heterocycles. The SMILES string of the molecule is O=P([O-])([O-])OP(=O)([O-])OP(=O)(O[O-])O[O-].O=P([O-])([O-])OP(=O)([O-])OP(=O)(O[O-])O[O-].[Ca+2].[Ca+2].[Ca+2].[Ca+2].[Ca+2]. The molecule has 0 aromatic carbocycles. The maximum Gasteiger partial charge on any atom is 2.00 e. The number of phosphoric acid groups is 6. The third kappa shape index (κ3) is 33.7. The van der Waals surface area contributed by atoms with Gasteiger partial charge in [0.05, 0.1) is 15.6 Å². The Hall–Kier alpha value is 6.96. The molecule has 0 radical (unpaired) electrons. The van der Waals surface area contributed by atoms with Gasteiger partial charge in [0.25, 0.3) is 15.6 Å². The first-order chi connectivity index (χ1) is 13.1. The second-order valence-electron chi connectivity index (χ2n) is 3.31. The van der Waals surface area contributed by atoms with Gasteiger partial charge < -0.3 is 78.2 Å². The van der Waals surface area contributed by atoms with Crippen molar-refractivity contribution in [1.29, 1.82) is 0 Å². The van der Waals surface area contributed by atoms with Crippen LogP contribution < -0.4 is 50.4 Å². The van der Waals surface area contributed by atoms with E-state index in [9.17, 15) is 77.8 Å². The molecule has 0 aliphatic carbocycles. The minimum Gasteiger partial charge on any atom is -0.790 e. The van der Waals surface area contributed by atoms with E-state index in [2.05, 4.69) is 35.9 Å². The first-order valence-electron chi connectivity index (χ1n) is 5.05. The van der Waals surface area contributed by atoms with Gasteiger partial charge in [0, 0.05) is 0 Å². The largest absolute Gasteiger partial charge is 2.00 e. The molecule has 0 aromatic rings. The van der Waals surface area contributed by atoms with Crippen LogP contribution in [-0.4, -0.2) is 189 Å². The zero-order valence-corrected chi connectivity index (χ0v) is 32.4. The van der Waals surface area contributed by atoms with Crippen LogP contribution >= 0.6 is 46.9 Å². The summed E-state index contributed by atoms with van der Waals surface area (Å²) in [6, 6.07) is 0. The molecule has 24 nitrogen and oxygen atoms in total. The molecule has 0 saturated carbocycles. The Labute approximate surface area is 342 Å². The Morgan fingerprint density at radius 2 is 0.543 bits per heavy atom. The molecule has 2 atom stereocenters. The van der Waals surface area contributed by atoms with E-state index in [0.717, 1.165) is 0 Å². The van der Waals surface area contributed by atoms with E-state index in [0.29, 0.717) is 0 Å². The summed E-state index contributed by atoms with van der Waals surface area (Å²) < 4.78 is 82.4. The van der Waals surface area contributed by atoms with Gasteiger partial charge in [0.2, 0.25) is 0 Å². The molecule has 0 bridgehead atoms. The first kappa shape index (κ1) is 57.6. The van der Waals surface area contributed by atoms with Crippen molar-refractivity contribution >= 4 is 236 Å². The van der Waals surface area contributed by atoms with Gasteiger partial charge in [-0.05, 0) is 0 Å². The average molecular weight is 770 g/mol. The molecule has 0 spiro atoms. The summed E-state index contributed by atoms with van der Waals surface area (Å²) in [4.78, 5) is 59.9. The summed E-state index contributed by atoms with van der Waals surface area (Å²) in [5.41, 5.74) is 0. The molecule has 0 N–H and O–H groups in total. The van der Waals surface area contributed by atoms with E-state index in [1.165, 1.54) is 0 Å². The van der Waals surface area contributed by atoms with Crippen LogP contribution in [-0.2, 0) is 63.3 Å². The van der Waals surface area contributed by atoms with Crippen molar-refractivity contribution < 1.29 is 114 Å². The molecule has 0 amide bonds. The Morgan fingerprint density at radius 1 is 0.371 bits per heavy atom. The molecule has 0 rings (SSSR count). The van der Waals surface area contributed by atoms with Crippen LogP contribution in [0.2, 0.25) is 0 Å². The van der Waals surface area contributed by atoms with Crippen molar-refractivity contribution in [2.75, 3.05) is 0 Å². The predicted octanol–water partition coefficient (Wildman–Crippen LogP) is -9.89. The summed E-state index contributed by atoms with van der Waals surface area (Å²) in [6.45, 7) is 0. The molecule has 0 aliphatic heterocycles. The molecule has 35 heteroatoms. The van der Waals surface area contributed by atoms with Crippen molar-refractivity contribution in [3.63, 3.8) is 0 Å². The Morgan fingerprint density at radius 3 is 0.657 bits per heavy atom. The van der Waals surface area contributed by atoms with Gasteiger partial charge in [0.1, 0.15) is 0 Å². The quantitative estimate of drug-likeness (QED) is 0.0769. The summed E-state index contributed by atoms with van der Waals surface area (Å²) in [5.74, 6) is 0. The van der Waals surface area contributed by atoms with Gasteiger partial charge in [-0.2, -0.15) is 0 Å². The molecule has 2 unspecified atom stereocenters. The van der Waals surface area contributed by atoms with E-state index >= 15 is 0 Å². The molecule has 0 fully saturated rings. The van der Waals surface area contributed by atoms with Gasteiger partial charge in [-0.25, -0.2) is 17.8 Å². The molecular weight excluding hydrogens is 770 g/mol. The van der Waals surface area contributed by atoms with Gasteiger partial charge in [-0.15, -0.1) is 0 Å². The van der Waals surface area contributed by atoms with E-state index in [1.807, 2.05) is 0 Å². The first-order valence-corrected chi connectivity index (χ1v) is 13.8. The van der Waals surface area contributed by atoms with Crippen molar-refractivity contribution in [2.24, 2.45) is 0 Å². The molecule has 0 aliphatic rings. The predicted molar refractivity (Wildman–Crippen MR) is 83.1 cm³/mol. The smallest absolute Gasteiger partial charge is 0.790 e. The van der Waals surface area contributed by atoms with Crippen LogP contribution in [0.25, 0.3) is 0 Å². The van der Waals surface area contributed by atoms with Gasteiger partial charge in [0.15, 0.2) is 0 Å². The fraction of sp³-hybridized carbons (Fsp3) is 0. The number of rotatable bonds is 12. The second kappa shape index (κ2) is 25.2. The van der Waals surface area contributed by atoms with Crippen molar-refractivity contribution in [1.82, 2.24) is 0 Å². The fourth-order valence-corrected chi connectivity index (χ4v) is 5.78. The van der Waals surface area contributed by atoms with E-state index in [4.69, 9.17) is 0 Å². The van der Waals surface area contributed by atoms with Gasteiger partial charge >= 0.3 is 204 Å². The Kier molecular flexibility index (Phi) is 41.4. The number of hydrogen-bond donors (Lipinski definition) is 0. The molecular formula is Ca5O24P6. The van der Waals surface area contributed by atoms with Crippen LogP contribution in [0, 0.1) is 0 Å². The Bertz CT molecular complexity index is 738. The van der Waals surface area contributed by atoms with Crippen molar-refractivity contribution in [2.45, 2.75) is 0 Å². The third-order valence-corrected chi connectivity index (χ3v) is 8.30. The van der Waals surface area contributed by atoms with Crippen LogP contribution in [0.4, 0.5) is 0 Å². The minimum absolute atomic E-state index is 0. The third-order valence-electron chi connectivity index (χ3n) is 1.17. The van der Waals surface area contributed by atoms with Crippen molar-refractivity contribution in [3.8, 4) is 0 Å². The van der Waals surface area contributed by atoms with E-state index in [1.54, 1.807) is 0 Å². The van der Waals surface area contributed by atoms with Gasteiger partial charge in [-0.1, -0.05) is 0 Å². The van der Waals surface area contributed by atoms with Crippen LogP contribution in [0.1, 0.15) is 0 Å². The van der Waals surface area contributed by atoms with Crippen LogP contribution in [0.3, 0.4) is 0 Å². The minimum atomic E-state index is -6.03. The van der Waals surface area contributed by atoms with E-state index in [-0.39, 0.29) is 189 Å². The van der Waals surface area contributed by atoms with Crippen LogP contribution in [0.5, 0.6) is 0 Å². The number of hydrogen-bond acceptors (Lipinski definition) is 24. The maximum atomic E-state index is 10.4. The maximum absolute atomic E-state index is 10.4. The van der Waals surface area contributed by atoms with Crippen LogP contribution in [0.15, 0.2) is 0 Å². The van der Waals surface area contributed by atoms with Crippen molar-refractivity contribution in [3.05, 3.63) is 0 Å². The van der Waals surface area contributed by atoms with Gasteiger partial charge in [-0.3, -0.25) is 17.8 Å². The molecule has 35 heavy (non-hydrogen) atoms. The Balaban J connectivity index is -0.0000000784. The summed E-state index contributed by atoms with van der Waals surface area (Å²) >= 11 is 0. The molecule has 0 saturated heterocycles. The monoisotopic (exact) mass is 770 g/mol. The molecule has 0 heterocycles. The zero-order valence-electron chi connectivity index (χ0n) is 16.0. The summed E-state index contributed by atoms with van der Waals surface area (Å²) in [5, 5.41) is 37.9. The average Bonchev–Trinajstić information content (AvgIpc) is 2.49. The fourth-order valence-electron chi connectivity index (χ4n) is 0.599. The summed E-state index contributed by atoms with van der Waals surface area (Å²) in [6.07, 6.45) is 0. The standard InChI is InChI=1S/5Ca.2H5O12P3/c;;;;;2*1-9-15(8,10-2)12-14(6,7)11-13(3,4)5/h;;;;;2*1-2H,(H,6,7)(H2,3,4,5)/q5*+2;;/p-10. The zero-order chi connectivity index (χ0) is 24.7.